The fourth-order valence-electron chi connectivity index (χ4n) is 1.82. The van der Waals surface area contributed by atoms with Crippen molar-refractivity contribution in [3.8, 4) is 0 Å². The van der Waals surface area contributed by atoms with Gasteiger partial charge in [-0.25, -0.2) is 0 Å². The lowest BCUT2D eigenvalue weighted by molar-refractivity contribution is 0.0838. The third kappa shape index (κ3) is 4.35. The number of amides is 1. The van der Waals surface area contributed by atoms with Gasteiger partial charge in [-0.3, -0.25) is 4.79 Å². The largest absolute Gasteiger partial charge is 0.391 e. The van der Waals surface area contributed by atoms with Gasteiger partial charge in [0.25, 0.3) is 5.91 Å². The van der Waals surface area contributed by atoms with Gasteiger partial charge in [-0.05, 0) is 18.8 Å². The Kier molecular flexibility index (Phi) is 6.02. The van der Waals surface area contributed by atoms with Crippen LogP contribution in [0.5, 0.6) is 0 Å². The second-order valence-corrected chi connectivity index (χ2v) is 5.15. The van der Waals surface area contributed by atoms with E-state index in [0.717, 1.165) is 18.5 Å². The van der Waals surface area contributed by atoms with Crippen LogP contribution in [0.4, 0.5) is 0 Å². The Bertz CT molecular complexity index is 397. The van der Waals surface area contributed by atoms with E-state index >= 15 is 0 Å². The van der Waals surface area contributed by atoms with Crippen LogP contribution in [0.15, 0.2) is 10.6 Å². The van der Waals surface area contributed by atoms with E-state index < -0.39 is 6.10 Å². The highest BCUT2D eigenvalue weighted by molar-refractivity contribution is 5.91. The van der Waals surface area contributed by atoms with Gasteiger partial charge in [0, 0.05) is 18.5 Å². The molecule has 0 fully saturated rings. The molecule has 108 valence electrons. The summed E-state index contributed by atoms with van der Waals surface area (Å²) in [5, 5.41) is 16.2. The first-order chi connectivity index (χ1) is 8.99. The Morgan fingerprint density at radius 1 is 1.42 bits per heavy atom. The highest BCUT2D eigenvalue weighted by Gasteiger charge is 2.18. The van der Waals surface area contributed by atoms with Crippen LogP contribution < -0.4 is 5.32 Å². The van der Waals surface area contributed by atoms with E-state index in [1.807, 2.05) is 13.8 Å². The van der Waals surface area contributed by atoms with E-state index in [0.29, 0.717) is 5.92 Å². The van der Waals surface area contributed by atoms with Gasteiger partial charge in [0.1, 0.15) is 0 Å². The minimum Gasteiger partial charge on any atom is -0.391 e. The molecular formula is C14H24N2O3. The molecule has 19 heavy (non-hydrogen) atoms. The lowest BCUT2D eigenvalue weighted by Gasteiger charge is -2.14. The Morgan fingerprint density at radius 3 is 2.58 bits per heavy atom. The molecule has 5 heteroatoms. The van der Waals surface area contributed by atoms with Crippen molar-refractivity contribution in [1.82, 2.24) is 10.5 Å². The van der Waals surface area contributed by atoms with Gasteiger partial charge in [0.05, 0.1) is 11.8 Å². The summed E-state index contributed by atoms with van der Waals surface area (Å²) >= 11 is 0. The third-order valence-corrected chi connectivity index (χ3v) is 3.40. The van der Waals surface area contributed by atoms with Crippen molar-refractivity contribution in [2.24, 2.45) is 5.92 Å². The van der Waals surface area contributed by atoms with E-state index in [-0.39, 0.29) is 24.1 Å². The average molecular weight is 268 g/mol. The monoisotopic (exact) mass is 268 g/mol. The van der Waals surface area contributed by atoms with Crippen LogP contribution in [-0.4, -0.2) is 28.8 Å². The zero-order chi connectivity index (χ0) is 14.4. The first kappa shape index (κ1) is 15.7. The molecule has 1 rings (SSSR count). The predicted molar refractivity (Wildman–Crippen MR) is 73.0 cm³/mol. The summed E-state index contributed by atoms with van der Waals surface area (Å²) in [5.41, 5.74) is 0.819. The highest BCUT2D eigenvalue weighted by Crippen LogP contribution is 2.22. The first-order valence-electron chi connectivity index (χ1n) is 6.92. The SMILES string of the molecule is CCC(CC)c1cc(C(=O)NCC(O)C(C)C)on1. The summed E-state index contributed by atoms with van der Waals surface area (Å²) in [5.74, 6) is 0.309. The van der Waals surface area contributed by atoms with Crippen molar-refractivity contribution >= 4 is 5.91 Å². The quantitative estimate of drug-likeness (QED) is 0.795. The van der Waals surface area contributed by atoms with E-state index in [1.165, 1.54) is 0 Å². The minimum atomic E-state index is -0.551. The molecule has 0 aliphatic heterocycles. The maximum atomic E-state index is 11.8. The Balaban J connectivity index is 2.58. The molecule has 1 atom stereocenters. The molecule has 1 amide bonds. The molecule has 0 spiro atoms. The van der Waals surface area contributed by atoms with Gasteiger partial charge >= 0.3 is 0 Å². The zero-order valence-electron chi connectivity index (χ0n) is 12.1. The summed E-state index contributed by atoms with van der Waals surface area (Å²) in [6, 6.07) is 1.69. The molecule has 1 aromatic rings. The normalized spacial score (nSPS) is 13.0. The van der Waals surface area contributed by atoms with Gasteiger partial charge in [-0.1, -0.05) is 32.9 Å². The fraction of sp³-hybridized carbons (Fsp3) is 0.714. The van der Waals surface area contributed by atoms with Gasteiger partial charge < -0.3 is 14.9 Å². The van der Waals surface area contributed by atoms with Crippen LogP contribution in [-0.2, 0) is 0 Å². The number of hydrogen-bond acceptors (Lipinski definition) is 4. The van der Waals surface area contributed by atoms with Crippen LogP contribution in [0.2, 0.25) is 0 Å². The number of carbonyl (C=O) groups is 1. The van der Waals surface area contributed by atoms with Crippen LogP contribution in [0.1, 0.15) is 62.7 Å². The number of carbonyl (C=O) groups excluding carboxylic acids is 1. The Labute approximate surface area is 114 Å². The molecule has 0 saturated heterocycles. The van der Waals surface area contributed by atoms with Crippen LogP contribution in [0.3, 0.4) is 0 Å². The predicted octanol–water partition coefficient (Wildman–Crippen LogP) is 2.32. The lowest BCUT2D eigenvalue weighted by Crippen LogP contribution is -2.34. The molecule has 1 heterocycles. The van der Waals surface area contributed by atoms with Crippen molar-refractivity contribution in [2.75, 3.05) is 6.54 Å². The van der Waals surface area contributed by atoms with Crippen molar-refractivity contribution in [1.29, 1.82) is 0 Å². The smallest absolute Gasteiger partial charge is 0.289 e. The van der Waals surface area contributed by atoms with Gasteiger partial charge in [0.2, 0.25) is 5.76 Å². The number of aromatic nitrogens is 1. The van der Waals surface area contributed by atoms with E-state index in [4.69, 9.17) is 4.52 Å². The molecular weight excluding hydrogens is 244 g/mol. The lowest BCUT2D eigenvalue weighted by atomic mass is 9.99. The topological polar surface area (TPSA) is 75.4 Å². The molecule has 0 aliphatic carbocycles. The van der Waals surface area contributed by atoms with E-state index in [2.05, 4.69) is 24.3 Å². The Hall–Kier alpha value is -1.36. The van der Waals surface area contributed by atoms with Crippen LogP contribution in [0, 0.1) is 5.92 Å². The number of nitrogens with one attached hydrogen (secondary N) is 1. The molecule has 5 nitrogen and oxygen atoms in total. The van der Waals surface area contributed by atoms with E-state index in [1.54, 1.807) is 6.07 Å². The molecule has 1 aromatic heterocycles. The maximum absolute atomic E-state index is 11.8. The van der Waals surface area contributed by atoms with Crippen LogP contribution >= 0.6 is 0 Å². The molecule has 0 bridgehead atoms. The number of hydrogen-bond donors (Lipinski definition) is 2. The summed E-state index contributed by atoms with van der Waals surface area (Å²) in [6.07, 6.45) is 1.39. The van der Waals surface area contributed by atoms with Crippen LogP contribution in [0.25, 0.3) is 0 Å². The molecule has 0 saturated carbocycles. The molecule has 2 N–H and O–H groups in total. The number of rotatable bonds is 7. The van der Waals surface area contributed by atoms with Gasteiger partial charge in [-0.15, -0.1) is 0 Å². The maximum Gasteiger partial charge on any atom is 0.289 e. The second kappa shape index (κ2) is 7.28. The summed E-state index contributed by atoms with van der Waals surface area (Å²) in [4.78, 5) is 11.8. The number of aliphatic hydroxyl groups excluding tert-OH is 1. The first-order valence-corrected chi connectivity index (χ1v) is 6.92. The number of nitrogens with zero attached hydrogens (tertiary/aromatic N) is 1. The average Bonchev–Trinajstić information content (AvgIpc) is 2.86. The van der Waals surface area contributed by atoms with E-state index in [9.17, 15) is 9.90 Å². The fourth-order valence-corrected chi connectivity index (χ4v) is 1.82. The molecule has 0 aliphatic rings. The Morgan fingerprint density at radius 2 is 2.05 bits per heavy atom. The second-order valence-electron chi connectivity index (χ2n) is 5.15. The minimum absolute atomic E-state index is 0.107. The molecule has 0 aromatic carbocycles. The number of aliphatic hydroxyl groups is 1. The van der Waals surface area contributed by atoms with Gasteiger partial charge in [-0.2, -0.15) is 0 Å². The third-order valence-electron chi connectivity index (χ3n) is 3.40. The van der Waals surface area contributed by atoms with Crippen molar-refractivity contribution < 1.29 is 14.4 Å². The zero-order valence-corrected chi connectivity index (χ0v) is 12.1. The summed E-state index contributed by atoms with van der Waals surface area (Å²) in [6.45, 7) is 8.19. The molecule has 0 radical (unpaired) electrons. The summed E-state index contributed by atoms with van der Waals surface area (Å²) in [7, 11) is 0. The highest BCUT2D eigenvalue weighted by atomic mass is 16.5. The summed E-state index contributed by atoms with van der Waals surface area (Å²) < 4.78 is 5.06. The van der Waals surface area contributed by atoms with Crippen molar-refractivity contribution in [2.45, 2.75) is 52.6 Å². The van der Waals surface area contributed by atoms with Crippen molar-refractivity contribution in [3.05, 3.63) is 17.5 Å². The van der Waals surface area contributed by atoms with Gasteiger partial charge in [0.15, 0.2) is 0 Å². The van der Waals surface area contributed by atoms with Crippen molar-refractivity contribution in [3.63, 3.8) is 0 Å². The molecule has 1 unspecified atom stereocenters. The standard InChI is InChI=1S/C14H24N2O3/c1-5-10(6-2)11-7-13(19-16-11)14(18)15-8-12(17)9(3)4/h7,9-10,12,17H,5-6,8H2,1-4H3,(H,15,18).